The first kappa shape index (κ1) is 20.4. The Labute approximate surface area is 186 Å². The van der Waals surface area contributed by atoms with Crippen LogP contribution in [-0.2, 0) is 17.9 Å². The van der Waals surface area contributed by atoms with E-state index in [0.29, 0.717) is 22.4 Å². The molecule has 0 radical (unpaired) electrons. The summed E-state index contributed by atoms with van der Waals surface area (Å²) in [6, 6.07) is 25.8. The third-order valence-electron chi connectivity index (χ3n) is 4.87. The van der Waals surface area contributed by atoms with Crippen molar-refractivity contribution in [3.8, 4) is 5.75 Å². The van der Waals surface area contributed by atoms with Crippen LogP contribution in [0.25, 0.3) is 6.08 Å². The number of benzene rings is 3. The SMILES string of the molecule is Cc1ccccc1COc1cccc(/C=C2\SC(=S)N(Cc3ccccc3)C2=O)c1. The Hall–Kier alpha value is -2.89. The van der Waals surface area contributed by atoms with Gasteiger partial charge in [0.25, 0.3) is 5.91 Å². The van der Waals surface area contributed by atoms with Crippen LogP contribution in [0.3, 0.4) is 0 Å². The molecule has 4 rings (SSSR count). The highest BCUT2D eigenvalue weighted by Gasteiger charge is 2.31. The molecule has 3 aromatic rings. The van der Waals surface area contributed by atoms with E-state index in [1.54, 1.807) is 4.90 Å². The molecule has 1 aliphatic rings. The summed E-state index contributed by atoms with van der Waals surface area (Å²) in [5, 5.41) is 0. The molecule has 0 atom stereocenters. The van der Waals surface area contributed by atoms with Gasteiger partial charge in [0.1, 0.15) is 16.7 Å². The normalized spacial score (nSPS) is 15.1. The fourth-order valence-corrected chi connectivity index (χ4v) is 4.44. The molecule has 0 saturated carbocycles. The van der Waals surface area contributed by atoms with Crippen LogP contribution in [-0.4, -0.2) is 15.1 Å². The fraction of sp³-hybridized carbons (Fsp3) is 0.120. The van der Waals surface area contributed by atoms with Gasteiger partial charge in [0.15, 0.2) is 0 Å². The van der Waals surface area contributed by atoms with E-state index in [9.17, 15) is 4.79 Å². The molecule has 0 aliphatic carbocycles. The van der Waals surface area contributed by atoms with Crippen molar-refractivity contribution in [2.75, 3.05) is 0 Å². The number of carbonyl (C=O) groups is 1. The number of aryl methyl sites for hydroxylation is 1. The predicted octanol–water partition coefficient (Wildman–Crippen LogP) is 5.98. The fourth-order valence-electron chi connectivity index (χ4n) is 3.18. The smallest absolute Gasteiger partial charge is 0.266 e. The summed E-state index contributed by atoms with van der Waals surface area (Å²) in [6.07, 6.45) is 1.88. The monoisotopic (exact) mass is 431 g/mol. The van der Waals surface area contributed by atoms with Crippen LogP contribution in [0.5, 0.6) is 5.75 Å². The molecule has 0 bridgehead atoms. The third-order valence-corrected chi connectivity index (χ3v) is 6.25. The number of rotatable bonds is 6. The number of ether oxygens (including phenoxy) is 1. The highest BCUT2D eigenvalue weighted by atomic mass is 32.2. The Bertz CT molecular complexity index is 1110. The summed E-state index contributed by atoms with van der Waals surface area (Å²) >= 11 is 6.79. The highest BCUT2D eigenvalue weighted by molar-refractivity contribution is 8.26. The van der Waals surface area contributed by atoms with Gasteiger partial charge in [-0.3, -0.25) is 9.69 Å². The van der Waals surface area contributed by atoms with E-state index in [0.717, 1.165) is 22.4 Å². The molecule has 30 heavy (non-hydrogen) atoms. The quantitative estimate of drug-likeness (QED) is 0.355. The minimum absolute atomic E-state index is 0.0555. The van der Waals surface area contributed by atoms with Crippen LogP contribution >= 0.6 is 24.0 Å². The zero-order chi connectivity index (χ0) is 20.9. The van der Waals surface area contributed by atoms with Gasteiger partial charge in [-0.2, -0.15) is 0 Å². The first-order valence-electron chi connectivity index (χ1n) is 9.67. The van der Waals surface area contributed by atoms with Crippen molar-refractivity contribution in [1.29, 1.82) is 0 Å². The largest absolute Gasteiger partial charge is 0.489 e. The van der Waals surface area contributed by atoms with Gasteiger partial charge in [0, 0.05) is 0 Å². The van der Waals surface area contributed by atoms with Gasteiger partial charge in [-0.1, -0.05) is 90.7 Å². The van der Waals surface area contributed by atoms with E-state index in [4.69, 9.17) is 17.0 Å². The molecule has 1 amide bonds. The van der Waals surface area contributed by atoms with E-state index >= 15 is 0 Å². The average molecular weight is 432 g/mol. The van der Waals surface area contributed by atoms with Crippen molar-refractivity contribution < 1.29 is 9.53 Å². The van der Waals surface area contributed by atoms with Crippen LogP contribution in [0.4, 0.5) is 0 Å². The van der Waals surface area contributed by atoms with Gasteiger partial charge in [0.2, 0.25) is 0 Å². The summed E-state index contributed by atoms with van der Waals surface area (Å²) in [6.45, 7) is 3.07. The maximum absolute atomic E-state index is 12.9. The lowest BCUT2D eigenvalue weighted by molar-refractivity contribution is -0.122. The van der Waals surface area contributed by atoms with Gasteiger partial charge >= 0.3 is 0 Å². The maximum Gasteiger partial charge on any atom is 0.266 e. The lowest BCUT2D eigenvalue weighted by Crippen LogP contribution is -2.27. The number of thioether (sulfide) groups is 1. The minimum atomic E-state index is -0.0555. The van der Waals surface area contributed by atoms with E-state index in [1.807, 2.05) is 72.8 Å². The highest BCUT2D eigenvalue weighted by Crippen LogP contribution is 2.34. The van der Waals surface area contributed by atoms with Gasteiger partial charge in [-0.15, -0.1) is 0 Å². The van der Waals surface area contributed by atoms with Crippen molar-refractivity contribution in [3.05, 3.63) is 106 Å². The Balaban J connectivity index is 1.47. The number of carbonyl (C=O) groups excluding carboxylic acids is 1. The third kappa shape index (κ3) is 4.81. The van der Waals surface area contributed by atoms with Crippen molar-refractivity contribution in [2.45, 2.75) is 20.1 Å². The number of hydrogen-bond acceptors (Lipinski definition) is 4. The van der Waals surface area contributed by atoms with Crippen LogP contribution in [0.15, 0.2) is 83.8 Å². The first-order valence-corrected chi connectivity index (χ1v) is 10.9. The predicted molar refractivity (Wildman–Crippen MR) is 127 cm³/mol. The molecule has 5 heteroatoms. The molecule has 1 saturated heterocycles. The molecule has 1 aliphatic heterocycles. The zero-order valence-electron chi connectivity index (χ0n) is 16.6. The number of amides is 1. The number of nitrogens with zero attached hydrogens (tertiary/aromatic N) is 1. The molecule has 0 spiro atoms. The van der Waals surface area contributed by atoms with E-state index in [-0.39, 0.29) is 5.91 Å². The molecule has 0 N–H and O–H groups in total. The summed E-state index contributed by atoms with van der Waals surface area (Å²) in [5.74, 6) is 0.715. The van der Waals surface area contributed by atoms with Crippen molar-refractivity contribution in [3.63, 3.8) is 0 Å². The second kappa shape index (κ2) is 9.28. The van der Waals surface area contributed by atoms with Crippen LogP contribution < -0.4 is 4.74 Å². The molecule has 1 fully saturated rings. The summed E-state index contributed by atoms with van der Waals surface area (Å²) in [4.78, 5) is 15.2. The van der Waals surface area contributed by atoms with Gasteiger partial charge in [0.05, 0.1) is 11.4 Å². The standard InChI is InChI=1S/C25H21NO2S2/c1-18-8-5-6-12-21(18)17-28-22-13-7-11-20(14-22)15-23-24(27)26(25(29)30-23)16-19-9-3-2-4-10-19/h2-15H,16-17H2,1H3/b23-15-. The van der Waals surface area contributed by atoms with Crippen molar-refractivity contribution in [1.82, 2.24) is 4.90 Å². The number of thiocarbonyl (C=S) groups is 1. The Morgan fingerprint density at radius 2 is 1.77 bits per heavy atom. The molecule has 3 nitrogen and oxygen atoms in total. The van der Waals surface area contributed by atoms with Crippen LogP contribution in [0.1, 0.15) is 22.3 Å². The first-order chi connectivity index (χ1) is 14.6. The molecule has 0 unspecified atom stereocenters. The lowest BCUT2D eigenvalue weighted by Gasteiger charge is -2.14. The lowest BCUT2D eigenvalue weighted by atomic mass is 10.1. The van der Waals surface area contributed by atoms with E-state index in [2.05, 4.69) is 19.1 Å². The molecule has 3 aromatic carbocycles. The summed E-state index contributed by atoms with van der Waals surface area (Å²) in [7, 11) is 0. The Morgan fingerprint density at radius 1 is 1.00 bits per heavy atom. The molecule has 150 valence electrons. The second-order valence-corrected chi connectivity index (χ2v) is 8.72. The van der Waals surface area contributed by atoms with Crippen molar-refractivity contribution >= 4 is 40.3 Å². The summed E-state index contributed by atoms with van der Waals surface area (Å²) in [5.41, 5.74) is 4.33. The van der Waals surface area contributed by atoms with E-state index < -0.39 is 0 Å². The zero-order valence-corrected chi connectivity index (χ0v) is 18.2. The molecular formula is C25H21NO2S2. The number of hydrogen-bond donors (Lipinski definition) is 0. The van der Waals surface area contributed by atoms with E-state index in [1.165, 1.54) is 17.3 Å². The van der Waals surface area contributed by atoms with Gasteiger partial charge in [-0.25, -0.2) is 0 Å². The maximum atomic E-state index is 12.9. The van der Waals surface area contributed by atoms with Gasteiger partial charge < -0.3 is 4.74 Å². The minimum Gasteiger partial charge on any atom is -0.489 e. The van der Waals surface area contributed by atoms with Crippen LogP contribution in [0.2, 0.25) is 0 Å². The van der Waals surface area contributed by atoms with Gasteiger partial charge in [-0.05, 0) is 47.4 Å². The second-order valence-electron chi connectivity index (χ2n) is 7.04. The van der Waals surface area contributed by atoms with Crippen LogP contribution in [0, 0.1) is 6.92 Å². The molecule has 0 aromatic heterocycles. The average Bonchev–Trinajstić information content (AvgIpc) is 3.01. The Kier molecular flexibility index (Phi) is 6.31. The topological polar surface area (TPSA) is 29.5 Å². The molecular weight excluding hydrogens is 410 g/mol. The Morgan fingerprint density at radius 3 is 2.57 bits per heavy atom. The molecule has 1 heterocycles. The van der Waals surface area contributed by atoms with Crippen molar-refractivity contribution in [2.24, 2.45) is 0 Å². The summed E-state index contributed by atoms with van der Waals surface area (Å²) < 4.78 is 6.55.